The number of carbonyl (C=O) groups is 1. The van der Waals surface area contributed by atoms with Crippen LogP contribution in [0.15, 0.2) is 47.6 Å². The lowest BCUT2D eigenvalue weighted by Crippen LogP contribution is -2.39. The minimum atomic E-state index is -3.70. The van der Waals surface area contributed by atoms with Crippen LogP contribution in [0, 0.1) is 13.7 Å². The number of nitrogens with zero attached hydrogens (tertiary/aromatic N) is 3. The molecule has 9 nitrogen and oxygen atoms in total. The van der Waals surface area contributed by atoms with Gasteiger partial charge in [-0.1, -0.05) is 11.6 Å². The SMILES string of the molecule is CS(=O)(=O)N(CC(=O)N/N=C\c1cc([N+](=O)[O-])ccc1Cl)c1ccc(I)cc1. The Hall–Kier alpha value is -2.25. The number of hydrogen-bond acceptors (Lipinski definition) is 6. The summed E-state index contributed by atoms with van der Waals surface area (Å²) in [5.41, 5.74) is 2.57. The fourth-order valence-corrected chi connectivity index (χ4v) is 3.47. The molecule has 0 aliphatic rings. The van der Waals surface area contributed by atoms with Gasteiger partial charge in [0, 0.05) is 26.3 Å². The highest BCUT2D eigenvalue weighted by molar-refractivity contribution is 14.1. The number of hydrogen-bond donors (Lipinski definition) is 1. The second-order valence-electron chi connectivity index (χ2n) is 5.50. The number of amides is 1. The molecule has 0 fully saturated rings. The zero-order valence-corrected chi connectivity index (χ0v) is 18.1. The summed E-state index contributed by atoms with van der Waals surface area (Å²) in [5, 5.41) is 14.7. The maximum Gasteiger partial charge on any atom is 0.270 e. The molecule has 148 valence electrons. The van der Waals surface area contributed by atoms with Gasteiger partial charge >= 0.3 is 0 Å². The highest BCUT2D eigenvalue weighted by Crippen LogP contribution is 2.21. The van der Waals surface area contributed by atoms with Crippen LogP contribution in [0.3, 0.4) is 0 Å². The van der Waals surface area contributed by atoms with E-state index in [1.165, 1.54) is 18.2 Å². The Labute approximate surface area is 179 Å². The summed E-state index contributed by atoms with van der Waals surface area (Å²) < 4.78 is 25.9. The maximum absolute atomic E-state index is 12.1. The molecule has 0 atom stereocenters. The summed E-state index contributed by atoms with van der Waals surface area (Å²) in [5.74, 6) is -0.693. The number of nitrogens with one attached hydrogen (secondary N) is 1. The van der Waals surface area contributed by atoms with Crippen molar-refractivity contribution in [3.63, 3.8) is 0 Å². The van der Waals surface area contributed by atoms with Crippen molar-refractivity contribution in [3.05, 3.63) is 66.7 Å². The Bertz CT molecular complexity index is 1030. The molecule has 2 aromatic carbocycles. The molecule has 2 rings (SSSR count). The normalized spacial score (nSPS) is 11.4. The third-order valence-corrected chi connectivity index (χ3v) is 5.59. The van der Waals surface area contributed by atoms with E-state index in [-0.39, 0.29) is 16.3 Å². The van der Waals surface area contributed by atoms with Crippen molar-refractivity contribution in [2.75, 3.05) is 17.1 Å². The molecule has 0 saturated heterocycles. The Kier molecular flexibility index (Phi) is 7.32. The lowest BCUT2D eigenvalue weighted by atomic mass is 10.2. The van der Waals surface area contributed by atoms with E-state index in [1.54, 1.807) is 24.3 Å². The van der Waals surface area contributed by atoms with E-state index in [2.05, 4.69) is 33.1 Å². The third-order valence-electron chi connectivity index (χ3n) is 3.39. The molecule has 0 radical (unpaired) electrons. The van der Waals surface area contributed by atoms with E-state index >= 15 is 0 Å². The van der Waals surface area contributed by atoms with Gasteiger partial charge in [0.25, 0.3) is 11.6 Å². The van der Waals surface area contributed by atoms with Crippen molar-refractivity contribution in [2.24, 2.45) is 5.10 Å². The van der Waals surface area contributed by atoms with Crippen molar-refractivity contribution >= 4 is 67.7 Å². The van der Waals surface area contributed by atoms with Gasteiger partial charge in [0.2, 0.25) is 10.0 Å². The summed E-state index contributed by atoms with van der Waals surface area (Å²) in [6.45, 7) is -0.487. The molecule has 2 aromatic rings. The monoisotopic (exact) mass is 536 g/mol. The van der Waals surface area contributed by atoms with Crippen LogP contribution in [0.25, 0.3) is 0 Å². The van der Waals surface area contributed by atoms with Crippen LogP contribution in [-0.2, 0) is 14.8 Å². The first-order valence-corrected chi connectivity index (χ1v) is 10.9. The minimum absolute atomic E-state index is 0.181. The predicted molar refractivity (Wildman–Crippen MR) is 115 cm³/mol. The van der Waals surface area contributed by atoms with Crippen molar-refractivity contribution in [3.8, 4) is 0 Å². The molecule has 0 saturated carbocycles. The highest BCUT2D eigenvalue weighted by atomic mass is 127. The quantitative estimate of drug-likeness (QED) is 0.252. The fraction of sp³-hybridized carbons (Fsp3) is 0.125. The Balaban J connectivity index is 2.11. The molecule has 1 amide bonds. The first-order valence-electron chi connectivity index (χ1n) is 7.57. The zero-order chi connectivity index (χ0) is 20.9. The largest absolute Gasteiger partial charge is 0.271 e. The Morgan fingerprint density at radius 1 is 1.32 bits per heavy atom. The summed E-state index contributed by atoms with van der Waals surface area (Å²) in [6, 6.07) is 10.4. The maximum atomic E-state index is 12.1. The lowest BCUT2D eigenvalue weighted by molar-refractivity contribution is -0.384. The van der Waals surface area contributed by atoms with E-state index < -0.39 is 27.4 Å². The van der Waals surface area contributed by atoms with Gasteiger partial charge in [-0.3, -0.25) is 19.2 Å². The Morgan fingerprint density at radius 2 is 1.96 bits per heavy atom. The van der Waals surface area contributed by atoms with E-state index in [4.69, 9.17) is 11.6 Å². The number of nitro groups is 1. The molecule has 0 aliphatic heterocycles. The molecule has 0 unspecified atom stereocenters. The van der Waals surface area contributed by atoms with Crippen LogP contribution in [0.1, 0.15) is 5.56 Å². The standard InChI is InChI=1S/C16H14ClIN4O5S/c1-28(26,27)21(13-4-2-12(18)3-5-13)10-16(23)20-19-9-11-8-14(22(24)25)6-7-15(11)17/h2-9H,10H2,1H3,(H,20,23)/b19-9-. The van der Waals surface area contributed by atoms with Crippen molar-refractivity contribution in [1.29, 1.82) is 0 Å². The number of non-ortho nitro benzene ring substituents is 1. The average Bonchev–Trinajstić information content (AvgIpc) is 2.61. The summed E-state index contributed by atoms with van der Waals surface area (Å²) >= 11 is 8.02. The van der Waals surface area contributed by atoms with Gasteiger partial charge in [0.15, 0.2) is 0 Å². The molecule has 28 heavy (non-hydrogen) atoms. The number of nitro benzene ring substituents is 1. The van der Waals surface area contributed by atoms with Crippen LogP contribution in [0.4, 0.5) is 11.4 Å². The van der Waals surface area contributed by atoms with E-state index in [9.17, 15) is 23.3 Å². The minimum Gasteiger partial charge on any atom is -0.271 e. The van der Waals surface area contributed by atoms with Crippen molar-refractivity contribution < 1.29 is 18.1 Å². The zero-order valence-electron chi connectivity index (χ0n) is 14.4. The second-order valence-corrected chi connectivity index (χ2v) is 9.06. The number of rotatable bonds is 7. The van der Waals surface area contributed by atoms with Crippen LogP contribution in [0.5, 0.6) is 0 Å². The van der Waals surface area contributed by atoms with Crippen LogP contribution < -0.4 is 9.73 Å². The van der Waals surface area contributed by atoms with Gasteiger partial charge < -0.3 is 0 Å². The summed E-state index contributed by atoms with van der Waals surface area (Å²) in [4.78, 5) is 22.3. The van der Waals surface area contributed by atoms with Gasteiger partial charge in [-0.2, -0.15) is 5.10 Å². The van der Waals surface area contributed by atoms with Gasteiger partial charge in [-0.25, -0.2) is 13.8 Å². The van der Waals surface area contributed by atoms with E-state index in [0.717, 1.165) is 20.3 Å². The molecule has 0 aliphatic carbocycles. The first kappa shape index (κ1) is 22.0. The number of halogens is 2. The molecular weight excluding hydrogens is 523 g/mol. The molecule has 0 aromatic heterocycles. The molecule has 0 bridgehead atoms. The number of hydrazone groups is 1. The average molecular weight is 537 g/mol. The fourth-order valence-electron chi connectivity index (χ4n) is 2.09. The van der Waals surface area contributed by atoms with Gasteiger partial charge in [0.05, 0.1) is 23.1 Å². The van der Waals surface area contributed by atoms with Crippen molar-refractivity contribution in [2.45, 2.75) is 0 Å². The highest BCUT2D eigenvalue weighted by Gasteiger charge is 2.20. The third kappa shape index (κ3) is 6.14. The van der Waals surface area contributed by atoms with E-state index in [1.807, 2.05) is 0 Å². The summed E-state index contributed by atoms with van der Waals surface area (Å²) in [6.07, 6.45) is 2.13. The predicted octanol–water partition coefficient (Wildman–Crippen LogP) is 2.77. The number of benzene rings is 2. The molecule has 12 heteroatoms. The summed E-state index contributed by atoms with van der Waals surface area (Å²) in [7, 11) is -3.70. The smallest absolute Gasteiger partial charge is 0.270 e. The van der Waals surface area contributed by atoms with Gasteiger partial charge in [-0.05, 0) is 52.9 Å². The van der Waals surface area contributed by atoms with Crippen LogP contribution in [0.2, 0.25) is 5.02 Å². The van der Waals surface area contributed by atoms with Crippen LogP contribution in [-0.4, -0.2) is 38.3 Å². The Morgan fingerprint density at radius 3 is 2.54 bits per heavy atom. The number of carbonyl (C=O) groups excluding carboxylic acids is 1. The second kappa shape index (κ2) is 9.30. The van der Waals surface area contributed by atoms with Gasteiger partial charge in [0.1, 0.15) is 6.54 Å². The first-order chi connectivity index (χ1) is 13.1. The van der Waals surface area contributed by atoms with E-state index in [0.29, 0.717) is 5.69 Å². The lowest BCUT2D eigenvalue weighted by Gasteiger charge is -2.21. The molecule has 1 N–H and O–H groups in total. The van der Waals surface area contributed by atoms with Crippen molar-refractivity contribution in [1.82, 2.24) is 5.43 Å². The van der Waals surface area contributed by atoms with Gasteiger partial charge in [-0.15, -0.1) is 0 Å². The van der Waals surface area contributed by atoms with Crippen LogP contribution >= 0.6 is 34.2 Å². The molecular formula is C16H14ClIN4O5S. The topological polar surface area (TPSA) is 122 Å². The number of sulfonamides is 1. The number of anilines is 1. The molecule has 0 heterocycles. The molecule has 0 spiro atoms.